The Hall–Kier alpha value is -2.36. The van der Waals surface area contributed by atoms with Crippen LogP contribution in [0, 0.1) is 13.8 Å². The molecule has 0 saturated carbocycles. The summed E-state index contributed by atoms with van der Waals surface area (Å²) < 4.78 is 0. The van der Waals surface area contributed by atoms with Gasteiger partial charge < -0.3 is 20.4 Å². The normalized spacial score (nSPS) is 9.18. The molecule has 0 saturated heterocycles. The quantitative estimate of drug-likeness (QED) is 0.568. The van der Waals surface area contributed by atoms with Crippen LogP contribution in [-0.2, 0) is 0 Å². The van der Waals surface area contributed by atoms with E-state index in [-0.39, 0.29) is 34.1 Å². The number of aryl methyl sites for hydroxylation is 2. The molecule has 0 spiro atoms. The molecule has 0 amide bonds. The van der Waals surface area contributed by atoms with Gasteiger partial charge >= 0.3 is 0 Å². The van der Waals surface area contributed by atoms with Crippen LogP contribution in [0.15, 0.2) is 24.3 Å². The molecule has 4 heteroatoms. The number of phenolic OH excluding ortho intramolecular Hbond substituents is 4. The summed E-state index contributed by atoms with van der Waals surface area (Å²) in [7, 11) is 0. The molecule has 0 aromatic heterocycles. The highest BCUT2D eigenvalue weighted by atomic mass is 16.3. The second-order valence-electron chi connectivity index (χ2n) is 4.25. The predicted octanol–water partition coefficient (Wildman–Crippen LogP) is 4.85. The van der Waals surface area contributed by atoms with Crippen LogP contribution < -0.4 is 0 Å². The van der Waals surface area contributed by atoms with Crippen LogP contribution >= 0.6 is 0 Å². The van der Waals surface area contributed by atoms with Gasteiger partial charge in [0.2, 0.25) is 0 Å². The molecule has 0 aliphatic rings. The zero-order valence-electron chi connectivity index (χ0n) is 14.1. The zero-order chi connectivity index (χ0) is 17.4. The number of rotatable bonds is 1. The first-order chi connectivity index (χ1) is 10.4. The number of aromatic hydroxyl groups is 4. The minimum atomic E-state index is -0.312. The fourth-order valence-electron chi connectivity index (χ4n) is 1.80. The zero-order valence-corrected chi connectivity index (χ0v) is 14.1. The second kappa shape index (κ2) is 8.82. The van der Waals surface area contributed by atoms with E-state index in [1.165, 1.54) is 0 Å². The van der Waals surface area contributed by atoms with Crippen molar-refractivity contribution >= 4 is 0 Å². The van der Waals surface area contributed by atoms with Gasteiger partial charge in [0.05, 0.1) is 0 Å². The number of hydrogen-bond donors (Lipinski definition) is 4. The summed E-state index contributed by atoms with van der Waals surface area (Å²) in [5.41, 5.74) is 1.61. The third-order valence-electron chi connectivity index (χ3n) is 3.00. The van der Waals surface area contributed by atoms with E-state index >= 15 is 0 Å². The molecule has 4 N–H and O–H groups in total. The highest BCUT2D eigenvalue weighted by Gasteiger charge is 2.16. The maximum Gasteiger partial charge on any atom is 0.165 e. The topological polar surface area (TPSA) is 80.9 Å². The Morgan fingerprint density at radius 1 is 0.500 bits per heavy atom. The van der Waals surface area contributed by atoms with Crippen molar-refractivity contribution in [3.63, 3.8) is 0 Å². The van der Waals surface area contributed by atoms with Crippen molar-refractivity contribution in [2.75, 3.05) is 0 Å². The minimum Gasteiger partial charge on any atom is -0.504 e. The van der Waals surface area contributed by atoms with Crippen LogP contribution in [0.25, 0.3) is 11.1 Å². The average Bonchev–Trinajstić information content (AvgIpc) is 2.55. The van der Waals surface area contributed by atoms with Gasteiger partial charge in [-0.3, -0.25) is 0 Å². The second-order valence-corrected chi connectivity index (χ2v) is 4.25. The summed E-state index contributed by atoms with van der Waals surface area (Å²) in [5.74, 6) is -1.08. The molecule has 2 aromatic rings. The molecule has 2 aromatic carbocycles. The Morgan fingerprint density at radius 2 is 0.773 bits per heavy atom. The van der Waals surface area contributed by atoms with Crippen LogP contribution in [0.2, 0.25) is 0 Å². The number of benzene rings is 2. The van der Waals surface area contributed by atoms with E-state index < -0.39 is 0 Å². The first kappa shape index (κ1) is 19.6. The molecule has 0 heterocycles. The predicted molar refractivity (Wildman–Crippen MR) is 90.7 cm³/mol. The van der Waals surface area contributed by atoms with Crippen molar-refractivity contribution in [3.8, 4) is 34.1 Å². The minimum absolute atomic E-state index is 0.230. The van der Waals surface area contributed by atoms with Crippen molar-refractivity contribution in [1.29, 1.82) is 0 Å². The first-order valence-electron chi connectivity index (χ1n) is 7.47. The van der Waals surface area contributed by atoms with Gasteiger partial charge in [-0.15, -0.1) is 0 Å². The van der Waals surface area contributed by atoms with E-state index in [0.29, 0.717) is 11.1 Å². The fourth-order valence-corrected chi connectivity index (χ4v) is 1.80. The maximum atomic E-state index is 9.87. The van der Waals surface area contributed by atoms with Crippen molar-refractivity contribution in [2.24, 2.45) is 0 Å². The van der Waals surface area contributed by atoms with Gasteiger partial charge in [0.25, 0.3) is 0 Å². The molecule has 22 heavy (non-hydrogen) atoms. The van der Waals surface area contributed by atoms with Crippen molar-refractivity contribution < 1.29 is 20.4 Å². The van der Waals surface area contributed by atoms with Crippen LogP contribution in [0.3, 0.4) is 0 Å². The summed E-state index contributed by atoms with van der Waals surface area (Å²) in [4.78, 5) is 0. The van der Waals surface area contributed by atoms with Gasteiger partial charge in [-0.2, -0.15) is 0 Å². The summed E-state index contributed by atoms with van der Waals surface area (Å²) in [6, 6.07) is 6.41. The van der Waals surface area contributed by atoms with Gasteiger partial charge in [0.15, 0.2) is 23.0 Å². The average molecular weight is 306 g/mol. The van der Waals surface area contributed by atoms with E-state index in [9.17, 15) is 20.4 Å². The van der Waals surface area contributed by atoms with Gasteiger partial charge in [0, 0.05) is 11.1 Å². The fraction of sp³-hybridized carbons (Fsp3) is 0.333. The lowest BCUT2D eigenvalue weighted by molar-refractivity contribution is 0.397. The monoisotopic (exact) mass is 306 g/mol. The molecule has 4 nitrogen and oxygen atoms in total. The van der Waals surface area contributed by atoms with Gasteiger partial charge in [-0.1, -0.05) is 39.8 Å². The SMILES string of the molecule is CC.CC.Cc1ccc(-c2ccc(C)c(O)c2O)c(O)c1O. The Balaban J connectivity index is 0.00000102. The smallest absolute Gasteiger partial charge is 0.165 e. The van der Waals surface area contributed by atoms with Gasteiger partial charge in [-0.05, 0) is 37.1 Å². The summed E-state index contributed by atoms with van der Waals surface area (Å²) >= 11 is 0. The third kappa shape index (κ3) is 3.85. The summed E-state index contributed by atoms with van der Waals surface area (Å²) in [5, 5.41) is 39.1. The lowest BCUT2D eigenvalue weighted by Gasteiger charge is -2.12. The van der Waals surface area contributed by atoms with Crippen molar-refractivity contribution in [3.05, 3.63) is 35.4 Å². The van der Waals surface area contributed by atoms with Crippen LogP contribution in [0.4, 0.5) is 0 Å². The largest absolute Gasteiger partial charge is 0.504 e. The number of phenols is 4. The molecular formula is C18H26O4. The molecule has 0 atom stereocenters. The van der Waals surface area contributed by atoms with Gasteiger partial charge in [-0.25, -0.2) is 0 Å². The summed E-state index contributed by atoms with van der Waals surface area (Å²) in [6.07, 6.45) is 0. The molecule has 0 unspecified atom stereocenters. The van der Waals surface area contributed by atoms with E-state index in [1.807, 2.05) is 27.7 Å². The molecular weight excluding hydrogens is 280 g/mol. The molecule has 0 radical (unpaired) electrons. The van der Waals surface area contributed by atoms with E-state index in [0.717, 1.165) is 0 Å². The first-order valence-corrected chi connectivity index (χ1v) is 7.47. The van der Waals surface area contributed by atoms with E-state index in [1.54, 1.807) is 38.1 Å². The Kier molecular flexibility index (Phi) is 7.88. The maximum absolute atomic E-state index is 9.87. The van der Waals surface area contributed by atoms with Crippen LogP contribution in [0.1, 0.15) is 38.8 Å². The number of hydrogen-bond acceptors (Lipinski definition) is 4. The van der Waals surface area contributed by atoms with Crippen LogP contribution in [-0.4, -0.2) is 20.4 Å². The van der Waals surface area contributed by atoms with Crippen molar-refractivity contribution in [2.45, 2.75) is 41.5 Å². The molecule has 0 fully saturated rings. The van der Waals surface area contributed by atoms with Crippen LogP contribution in [0.5, 0.6) is 23.0 Å². The molecule has 0 bridgehead atoms. The standard InChI is InChI=1S/C14H14O4.2C2H6/c1-7-3-5-9(13(17)11(7)15)10-6-4-8(2)12(16)14(10)18;2*1-2/h3-6,15-18H,1-2H3;2*1-2H3. The highest BCUT2D eigenvalue weighted by molar-refractivity contribution is 5.80. The van der Waals surface area contributed by atoms with Crippen molar-refractivity contribution in [1.82, 2.24) is 0 Å². The Bertz CT molecular complexity index is 563. The van der Waals surface area contributed by atoms with Gasteiger partial charge in [0.1, 0.15) is 0 Å². The third-order valence-corrected chi connectivity index (χ3v) is 3.00. The lowest BCUT2D eigenvalue weighted by atomic mass is 9.99. The molecule has 122 valence electrons. The molecule has 0 aliphatic heterocycles. The highest BCUT2D eigenvalue weighted by Crippen LogP contribution is 2.45. The Labute approximate surface area is 132 Å². The summed E-state index contributed by atoms with van der Waals surface area (Å²) in [6.45, 7) is 11.3. The molecule has 2 rings (SSSR count). The van der Waals surface area contributed by atoms with E-state index in [2.05, 4.69) is 0 Å². The van der Waals surface area contributed by atoms with E-state index in [4.69, 9.17) is 0 Å². The Morgan fingerprint density at radius 3 is 1.05 bits per heavy atom. The molecule has 0 aliphatic carbocycles. The lowest BCUT2D eigenvalue weighted by Crippen LogP contribution is -1.85.